The molecular formula is C12H22BrNO2. The molecule has 1 heterocycles. The zero-order chi connectivity index (χ0) is 12.3. The second kappa shape index (κ2) is 5.39. The van der Waals surface area contributed by atoms with Crippen molar-refractivity contribution in [1.29, 1.82) is 0 Å². The van der Waals surface area contributed by atoms with E-state index in [1.165, 1.54) is 6.42 Å². The lowest BCUT2D eigenvalue weighted by Crippen LogP contribution is -2.49. The van der Waals surface area contributed by atoms with E-state index in [4.69, 9.17) is 4.74 Å². The number of alkyl halides is 1. The van der Waals surface area contributed by atoms with Gasteiger partial charge in [-0.3, -0.25) is 0 Å². The molecule has 1 aliphatic heterocycles. The van der Waals surface area contributed by atoms with E-state index in [0.717, 1.165) is 19.4 Å². The van der Waals surface area contributed by atoms with Crippen molar-refractivity contribution >= 4 is 22.0 Å². The maximum Gasteiger partial charge on any atom is 0.410 e. The van der Waals surface area contributed by atoms with Crippen molar-refractivity contribution in [3.8, 4) is 0 Å². The summed E-state index contributed by atoms with van der Waals surface area (Å²) in [7, 11) is 0. The molecule has 0 spiro atoms. The fourth-order valence-electron chi connectivity index (χ4n) is 1.98. The summed E-state index contributed by atoms with van der Waals surface area (Å²) in [6, 6.07) is 0.267. The predicted octanol–water partition coefficient (Wildman–Crippen LogP) is 3.56. The Morgan fingerprint density at radius 3 is 2.56 bits per heavy atom. The number of piperidine rings is 1. The summed E-state index contributed by atoms with van der Waals surface area (Å²) >= 11 is 3.57. The highest BCUT2D eigenvalue weighted by Crippen LogP contribution is 2.25. The smallest absolute Gasteiger partial charge is 0.410 e. The maximum absolute atomic E-state index is 12.0. The van der Waals surface area contributed by atoms with E-state index in [2.05, 4.69) is 22.9 Å². The summed E-state index contributed by atoms with van der Waals surface area (Å²) in [5, 5.41) is 0. The van der Waals surface area contributed by atoms with Gasteiger partial charge in [-0.2, -0.15) is 0 Å². The zero-order valence-corrected chi connectivity index (χ0v) is 12.2. The van der Waals surface area contributed by atoms with Gasteiger partial charge in [-0.25, -0.2) is 4.79 Å². The van der Waals surface area contributed by atoms with E-state index >= 15 is 0 Å². The molecule has 1 saturated heterocycles. The van der Waals surface area contributed by atoms with Gasteiger partial charge < -0.3 is 9.64 Å². The van der Waals surface area contributed by atoms with Crippen LogP contribution in [0.4, 0.5) is 4.79 Å². The minimum atomic E-state index is -0.408. The van der Waals surface area contributed by atoms with Gasteiger partial charge in [-0.05, 0) is 40.0 Å². The van der Waals surface area contributed by atoms with Gasteiger partial charge in [0.15, 0.2) is 0 Å². The molecule has 3 nitrogen and oxygen atoms in total. The zero-order valence-electron chi connectivity index (χ0n) is 10.6. The van der Waals surface area contributed by atoms with Crippen LogP contribution in [-0.2, 0) is 4.74 Å². The normalized spacial score (nSPS) is 24.1. The van der Waals surface area contributed by atoms with Crippen molar-refractivity contribution in [2.24, 2.45) is 0 Å². The van der Waals surface area contributed by atoms with Crippen LogP contribution < -0.4 is 0 Å². The number of nitrogens with zero attached hydrogens (tertiary/aromatic N) is 1. The molecule has 16 heavy (non-hydrogen) atoms. The third-order valence-electron chi connectivity index (χ3n) is 2.71. The molecule has 2 unspecified atom stereocenters. The van der Waals surface area contributed by atoms with E-state index in [1.807, 2.05) is 25.7 Å². The Kier molecular flexibility index (Phi) is 4.65. The van der Waals surface area contributed by atoms with Crippen LogP contribution in [0, 0.1) is 0 Å². The highest BCUT2D eigenvalue weighted by atomic mass is 79.9. The Bertz CT molecular complexity index is 248. The number of hydrogen-bond donors (Lipinski definition) is 0. The molecule has 4 heteroatoms. The molecule has 0 N–H and O–H groups in total. The molecule has 0 bridgehead atoms. The van der Waals surface area contributed by atoms with Crippen LogP contribution in [0.15, 0.2) is 0 Å². The van der Waals surface area contributed by atoms with Crippen LogP contribution in [-0.4, -0.2) is 34.0 Å². The first kappa shape index (κ1) is 13.8. The Balaban J connectivity index is 2.64. The number of halogens is 1. The average Bonchev–Trinajstić information content (AvgIpc) is 2.15. The van der Waals surface area contributed by atoms with E-state index in [9.17, 15) is 4.79 Å². The molecule has 0 aromatic heterocycles. The van der Waals surface area contributed by atoms with Crippen LogP contribution in [0.3, 0.4) is 0 Å². The summed E-state index contributed by atoms with van der Waals surface area (Å²) in [4.78, 5) is 14.2. The summed E-state index contributed by atoms with van der Waals surface area (Å²) in [6.45, 7) is 8.62. The number of rotatable bonds is 1. The minimum Gasteiger partial charge on any atom is -0.444 e. The number of hydrogen-bond acceptors (Lipinski definition) is 2. The number of ether oxygens (including phenoxy) is 1. The molecule has 2 atom stereocenters. The first-order valence-electron chi connectivity index (χ1n) is 5.95. The van der Waals surface area contributed by atoms with Crippen LogP contribution >= 0.6 is 15.9 Å². The van der Waals surface area contributed by atoms with Crippen molar-refractivity contribution in [1.82, 2.24) is 4.90 Å². The molecule has 1 fully saturated rings. The van der Waals surface area contributed by atoms with Crippen molar-refractivity contribution < 1.29 is 9.53 Å². The summed E-state index contributed by atoms with van der Waals surface area (Å²) < 4.78 is 5.42. The SMILES string of the molecule is CC(Br)C1CCCCN1C(=O)OC(C)(C)C. The Morgan fingerprint density at radius 2 is 2.06 bits per heavy atom. The van der Waals surface area contributed by atoms with E-state index < -0.39 is 5.60 Å². The average molecular weight is 292 g/mol. The summed E-state index contributed by atoms with van der Waals surface area (Å²) in [6.07, 6.45) is 3.16. The molecule has 0 aromatic carbocycles. The quantitative estimate of drug-likeness (QED) is 0.692. The molecule has 1 amide bonds. The van der Waals surface area contributed by atoms with E-state index in [0.29, 0.717) is 4.83 Å². The molecule has 94 valence electrons. The van der Waals surface area contributed by atoms with Gasteiger partial charge in [0.2, 0.25) is 0 Å². The molecule has 0 aliphatic carbocycles. The first-order chi connectivity index (χ1) is 7.31. The number of likely N-dealkylation sites (tertiary alicyclic amines) is 1. The fourth-order valence-corrected chi connectivity index (χ4v) is 2.53. The summed E-state index contributed by atoms with van der Waals surface area (Å²) in [5.41, 5.74) is -0.408. The molecule has 1 rings (SSSR count). The van der Waals surface area contributed by atoms with Gasteiger partial charge in [0.05, 0.1) is 0 Å². The molecular weight excluding hydrogens is 270 g/mol. The van der Waals surface area contributed by atoms with Crippen molar-refractivity contribution in [2.45, 2.75) is 63.4 Å². The third-order valence-corrected chi connectivity index (χ3v) is 3.32. The number of carbonyl (C=O) groups excluding carboxylic acids is 1. The van der Waals surface area contributed by atoms with Gasteiger partial charge >= 0.3 is 6.09 Å². The van der Waals surface area contributed by atoms with Gasteiger partial charge in [0.1, 0.15) is 5.60 Å². The Hall–Kier alpha value is -0.250. The van der Waals surface area contributed by atoms with Crippen LogP contribution in [0.25, 0.3) is 0 Å². The lowest BCUT2D eigenvalue weighted by molar-refractivity contribution is 0.0103. The van der Waals surface area contributed by atoms with E-state index in [1.54, 1.807) is 0 Å². The van der Waals surface area contributed by atoms with Crippen LogP contribution in [0.2, 0.25) is 0 Å². The van der Waals surface area contributed by atoms with Crippen LogP contribution in [0.5, 0.6) is 0 Å². The monoisotopic (exact) mass is 291 g/mol. The highest BCUT2D eigenvalue weighted by Gasteiger charge is 2.32. The fraction of sp³-hybridized carbons (Fsp3) is 0.917. The summed E-state index contributed by atoms with van der Waals surface area (Å²) in [5.74, 6) is 0. The predicted molar refractivity (Wildman–Crippen MR) is 69.0 cm³/mol. The topological polar surface area (TPSA) is 29.5 Å². The largest absolute Gasteiger partial charge is 0.444 e. The van der Waals surface area contributed by atoms with Gasteiger partial charge in [-0.15, -0.1) is 0 Å². The van der Waals surface area contributed by atoms with Gasteiger partial charge in [-0.1, -0.05) is 22.9 Å². The first-order valence-corrected chi connectivity index (χ1v) is 6.86. The van der Waals surface area contributed by atoms with Gasteiger partial charge in [0, 0.05) is 17.4 Å². The van der Waals surface area contributed by atoms with Crippen LogP contribution in [0.1, 0.15) is 47.0 Å². The van der Waals surface area contributed by atoms with Gasteiger partial charge in [0.25, 0.3) is 0 Å². The standard InChI is InChI=1S/C12H22BrNO2/c1-9(13)10-7-5-6-8-14(10)11(15)16-12(2,3)4/h9-10H,5-8H2,1-4H3. The van der Waals surface area contributed by atoms with Crippen molar-refractivity contribution in [2.75, 3.05) is 6.54 Å². The second-order valence-electron chi connectivity index (χ2n) is 5.41. The molecule has 0 radical (unpaired) electrons. The molecule has 0 saturated carbocycles. The highest BCUT2D eigenvalue weighted by molar-refractivity contribution is 9.09. The third kappa shape index (κ3) is 3.96. The number of carbonyl (C=O) groups is 1. The van der Waals surface area contributed by atoms with Crippen molar-refractivity contribution in [3.05, 3.63) is 0 Å². The van der Waals surface area contributed by atoms with Crippen molar-refractivity contribution in [3.63, 3.8) is 0 Å². The molecule has 0 aromatic rings. The Morgan fingerprint density at radius 1 is 1.44 bits per heavy atom. The second-order valence-corrected chi connectivity index (χ2v) is 6.86. The lowest BCUT2D eigenvalue weighted by atomic mass is 10.0. The maximum atomic E-state index is 12.0. The number of amides is 1. The lowest BCUT2D eigenvalue weighted by Gasteiger charge is -2.38. The van der Waals surface area contributed by atoms with E-state index in [-0.39, 0.29) is 12.1 Å². The minimum absolute atomic E-state index is 0.177. The molecule has 1 aliphatic rings. The Labute approximate surface area is 107 Å².